The molecule has 0 spiro atoms. The van der Waals surface area contributed by atoms with Gasteiger partial charge in [0.25, 0.3) is 5.91 Å². The summed E-state index contributed by atoms with van der Waals surface area (Å²) in [5.74, 6) is 2.27. The van der Waals surface area contributed by atoms with Gasteiger partial charge in [-0.05, 0) is 26.8 Å². The molecule has 2 rings (SSSR count). The number of amides is 1. The molecule has 1 N–H and O–H groups in total. The van der Waals surface area contributed by atoms with Gasteiger partial charge in [-0.25, -0.2) is 4.98 Å². The Morgan fingerprint density at radius 1 is 1.58 bits per heavy atom. The van der Waals surface area contributed by atoms with Gasteiger partial charge in [0, 0.05) is 17.3 Å². The first-order chi connectivity index (χ1) is 8.84. The van der Waals surface area contributed by atoms with E-state index in [-0.39, 0.29) is 5.91 Å². The smallest absolute Gasteiger partial charge is 0.271 e. The Hall–Kier alpha value is -1.99. The summed E-state index contributed by atoms with van der Waals surface area (Å²) in [6, 6.07) is 3.41. The fraction of sp³-hybridized carbons (Fsp3) is 0.286. The Morgan fingerprint density at radius 3 is 2.89 bits per heavy atom. The lowest BCUT2D eigenvalue weighted by Gasteiger charge is -2.19. The maximum atomic E-state index is 12.3. The van der Waals surface area contributed by atoms with Crippen LogP contribution in [0.1, 0.15) is 30.0 Å². The first-order valence-corrected chi connectivity index (χ1v) is 6.16. The number of aryl methyl sites for hydroxylation is 1. The summed E-state index contributed by atoms with van der Waals surface area (Å²) in [4.78, 5) is 16.6. The second-order valence-electron chi connectivity index (χ2n) is 4.84. The van der Waals surface area contributed by atoms with Crippen LogP contribution in [0.2, 0.25) is 5.02 Å². The van der Waals surface area contributed by atoms with Crippen LogP contribution in [0, 0.1) is 19.3 Å². The number of pyridine rings is 1. The van der Waals surface area contributed by atoms with Crippen LogP contribution >= 0.6 is 11.6 Å². The molecule has 0 aliphatic rings. The number of fused-ring (bicyclic) bond motifs is 1. The van der Waals surface area contributed by atoms with E-state index in [0.717, 1.165) is 0 Å². The van der Waals surface area contributed by atoms with Crippen molar-refractivity contribution in [1.29, 1.82) is 0 Å². The summed E-state index contributed by atoms with van der Waals surface area (Å²) >= 11 is 5.91. The van der Waals surface area contributed by atoms with Gasteiger partial charge in [-0.1, -0.05) is 17.5 Å². The molecule has 0 radical (unpaired) electrons. The fourth-order valence-electron chi connectivity index (χ4n) is 1.79. The fourth-order valence-corrected chi connectivity index (χ4v) is 1.94. The number of nitrogens with zero attached hydrogens (tertiary/aromatic N) is 2. The van der Waals surface area contributed by atoms with Crippen molar-refractivity contribution in [2.45, 2.75) is 26.3 Å². The molecule has 19 heavy (non-hydrogen) atoms. The molecule has 0 bridgehead atoms. The Morgan fingerprint density at radius 2 is 2.26 bits per heavy atom. The zero-order valence-electron chi connectivity index (χ0n) is 11.0. The molecule has 0 atom stereocenters. The number of carbonyl (C=O) groups excluding carboxylic acids is 1. The third kappa shape index (κ3) is 2.56. The molecule has 0 fully saturated rings. The normalized spacial score (nSPS) is 11.3. The zero-order chi connectivity index (χ0) is 14.2. The molecule has 0 unspecified atom stereocenters. The minimum atomic E-state index is -0.708. The molecule has 2 heterocycles. The third-order valence-electron chi connectivity index (χ3n) is 2.76. The number of hydrogen-bond donors (Lipinski definition) is 1. The largest absolute Gasteiger partial charge is 0.335 e. The number of imidazole rings is 1. The SMILES string of the molecule is C#CC(C)(C)NC(=O)c1c(C)nc2cc(Cl)ccn12. The van der Waals surface area contributed by atoms with Gasteiger partial charge in [0.05, 0.1) is 11.2 Å². The van der Waals surface area contributed by atoms with Crippen molar-refractivity contribution in [3.63, 3.8) is 0 Å². The predicted octanol–water partition coefficient (Wildman–Crippen LogP) is 2.44. The van der Waals surface area contributed by atoms with Gasteiger partial charge in [0.1, 0.15) is 11.3 Å². The number of hydrogen-bond acceptors (Lipinski definition) is 2. The summed E-state index contributed by atoms with van der Waals surface area (Å²) in [7, 11) is 0. The molecule has 98 valence electrons. The lowest BCUT2D eigenvalue weighted by molar-refractivity contribution is 0.0923. The quantitative estimate of drug-likeness (QED) is 0.856. The van der Waals surface area contributed by atoms with Crippen LogP contribution in [0.3, 0.4) is 0 Å². The minimum absolute atomic E-state index is 0.254. The summed E-state index contributed by atoms with van der Waals surface area (Å²) in [6.07, 6.45) is 7.09. The van der Waals surface area contributed by atoms with E-state index in [2.05, 4.69) is 16.2 Å². The maximum absolute atomic E-state index is 12.3. The molecule has 0 aliphatic heterocycles. The van der Waals surface area contributed by atoms with E-state index in [1.54, 1.807) is 43.5 Å². The second kappa shape index (κ2) is 4.60. The summed E-state index contributed by atoms with van der Waals surface area (Å²) in [6.45, 7) is 5.30. The predicted molar refractivity (Wildman–Crippen MR) is 75.3 cm³/mol. The highest BCUT2D eigenvalue weighted by molar-refractivity contribution is 6.30. The van der Waals surface area contributed by atoms with E-state index in [4.69, 9.17) is 18.0 Å². The average Bonchev–Trinajstić information content (AvgIpc) is 2.63. The highest BCUT2D eigenvalue weighted by Crippen LogP contribution is 2.17. The highest BCUT2D eigenvalue weighted by Gasteiger charge is 2.22. The van der Waals surface area contributed by atoms with Crippen molar-refractivity contribution in [1.82, 2.24) is 14.7 Å². The van der Waals surface area contributed by atoms with Gasteiger partial charge in [0.15, 0.2) is 0 Å². The minimum Gasteiger partial charge on any atom is -0.335 e. The molecular formula is C14H14ClN3O. The zero-order valence-corrected chi connectivity index (χ0v) is 11.7. The van der Waals surface area contributed by atoms with Gasteiger partial charge >= 0.3 is 0 Å². The lowest BCUT2D eigenvalue weighted by Crippen LogP contribution is -2.42. The number of nitrogens with one attached hydrogen (secondary N) is 1. The molecule has 2 aromatic heterocycles. The van der Waals surface area contributed by atoms with Crippen LogP contribution in [0.5, 0.6) is 0 Å². The van der Waals surface area contributed by atoms with Crippen molar-refractivity contribution in [2.24, 2.45) is 0 Å². The molecule has 0 aromatic carbocycles. The van der Waals surface area contributed by atoms with Crippen LogP contribution in [-0.2, 0) is 0 Å². The topological polar surface area (TPSA) is 46.4 Å². The first-order valence-electron chi connectivity index (χ1n) is 5.78. The van der Waals surface area contributed by atoms with E-state index >= 15 is 0 Å². The molecule has 4 nitrogen and oxygen atoms in total. The number of aromatic nitrogens is 2. The van der Waals surface area contributed by atoms with Crippen LogP contribution in [-0.4, -0.2) is 20.8 Å². The molecule has 0 aliphatic carbocycles. The van der Waals surface area contributed by atoms with E-state index in [1.165, 1.54) is 0 Å². The maximum Gasteiger partial charge on any atom is 0.271 e. The number of rotatable bonds is 2. The molecule has 0 saturated carbocycles. The summed E-state index contributed by atoms with van der Waals surface area (Å²) in [5, 5.41) is 3.36. The van der Waals surface area contributed by atoms with Crippen LogP contribution < -0.4 is 5.32 Å². The van der Waals surface area contributed by atoms with E-state index < -0.39 is 5.54 Å². The Balaban J connectivity index is 2.49. The monoisotopic (exact) mass is 275 g/mol. The molecular weight excluding hydrogens is 262 g/mol. The lowest BCUT2D eigenvalue weighted by atomic mass is 10.1. The first kappa shape index (κ1) is 13.4. The third-order valence-corrected chi connectivity index (χ3v) is 3.00. The van der Waals surface area contributed by atoms with Crippen molar-refractivity contribution < 1.29 is 4.79 Å². The van der Waals surface area contributed by atoms with Crippen molar-refractivity contribution in [3.8, 4) is 12.3 Å². The summed E-state index contributed by atoms with van der Waals surface area (Å²) < 4.78 is 1.70. The molecule has 1 amide bonds. The van der Waals surface area contributed by atoms with E-state index in [0.29, 0.717) is 22.1 Å². The van der Waals surface area contributed by atoms with E-state index in [1.807, 2.05) is 0 Å². The number of carbonyl (C=O) groups is 1. The van der Waals surface area contributed by atoms with E-state index in [9.17, 15) is 4.79 Å². The van der Waals surface area contributed by atoms with Crippen molar-refractivity contribution in [3.05, 3.63) is 34.7 Å². The average molecular weight is 276 g/mol. The summed E-state index contributed by atoms with van der Waals surface area (Å²) in [5.41, 5.74) is 1.02. The van der Waals surface area contributed by atoms with Gasteiger partial charge < -0.3 is 5.32 Å². The van der Waals surface area contributed by atoms with Crippen molar-refractivity contribution in [2.75, 3.05) is 0 Å². The highest BCUT2D eigenvalue weighted by atomic mass is 35.5. The van der Waals surface area contributed by atoms with Gasteiger partial charge in [0.2, 0.25) is 0 Å². The van der Waals surface area contributed by atoms with Crippen LogP contribution in [0.15, 0.2) is 18.3 Å². The van der Waals surface area contributed by atoms with Crippen LogP contribution in [0.4, 0.5) is 0 Å². The van der Waals surface area contributed by atoms with Crippen molar-refractivity contribution >= 4 is 23.2 Å². The standard InChI is InChI=1S/C14H14ClN3O/c1-5-14(3,4)17-13(19)12-9(2)16-11-8-10(15)6-7-18(11)12/h1,6-8H,2-4H3,(H,17,19). The Kier molecular flexibility index (Phi) is 3.25. The van der Waals surface area contributed by atoms with Gasteiger partial charge in [-0.2, -0.15) is 0 Å². The van der Waals surface area contributed by atoms with Gasteiger partial charge in [-0.15, -0.1) is 6.42 Å². The molecule has 0 saturated heterocycles. The number of halogens is 1. The number of terminal acetylenes is 1. The molecule has 5 heteroatoms. The Bertz CT molecular complexity index is 695. The second-order valence-corrected chi connectivity index (χ2v) is 5.28. The Labute approximate surface area is 116 Å². The molecule has 2 aromatic rings. The van der Waals surface area contributed by atoms with Crippen LogP contribution in [0.25, 0.3) is 5.65 Å². The van der Waals surface area contributed by atoms with Gasteiger partial charge in [-0.3, -0.25) is 9.20 Å².